The van der Waals surface area contributed by atoms with E-state index in [1.54, 1.807) is 24.3 Å². The lowest BCUT2D eigenvalue weighted by Gasteiger charge is -2.17. The molecule has 6 N–H and O–H groups in total. The van der Waals surface area contributed by atoms with Gasteiger partial charge in [-0.15, -0.1) is 0 Å². The summed E-state index contributed by atoms with van der Waals surface area (Å²) < 4.78 is 0. The van der Waals surface area contributed by atoms with Crippen LogP contribution in [0.4, 0.5) is 0 Å². The minimum Gasteiger partial charge on any atom is -0.366 e. The highest BCUT2D eigenvalue weighted by Gasteiger charge is 2.18. The minimum absolute atomic E-state index is 0.279. The Hall–Kier alpha value is -4.66. The zero-order valence-electron chi connectivity index (χ0n) is 19.5. The first-order valence-electron chi connectivity index (χ1n) is 11.5. The van der Waals surface area contributed by atoms with Crippen molar-refractivity contribution in [1.29, 1.82) is 0 Å². The number of aromatic amines is 2. The number of aromatic nitrogens is 4. The van der Waals surface area contributed by atoms with Gasteiger partial charge in [0.1, 0.15) is 0 Å². The molecule has 0 aliphatic carbocycles. The van der Waals surface area contributed by atoms with E-state index in [1.165, 1.54) is 0 Å². The molecule has 0 saturated carbocycles. The van der Waals surface area contributed by atoms with Crippen molar-refractivity contribution in [3.05, 3.63) is 94.5 Å². The number of nitrogens with two attached hydrogens (primary N) is 2. The van der Waals surface area contributed by atoms with Crippen LogP contribution in [0.2, 0.25) is 10.6 Å². The molecule has 0 atom stereocenters. The smallest absolute Gasteiger partial charge is 0.248 e. The largest absolute Gasteiger partial charge is 0.366 e. The summed E-state index contributed by atoms with van der Waals surface area (Å²) in [7, 11) is 0. The summed E-state index contributed by atoms with van der Waals surface area (Å²) in [5.41, 5.74) is 19.6. The van der Waals surface area contributed by atoms with Gasteiger partial charge in [0.2, 0.25) is 22.4 Å². The normalized spacial score (nSPS) is 11.3. The summed E-state index contributed by atoms with van der Waals surface area (Å²) in [6, 6.07) is 21.9. The third-order valence-corrected chi connectivity index (χ3v) is 6.79. The number of primary amides is 2. The molecule has 186 valence electrons. The number of H-pyrrole nitrogens is 2. The van der Waals surface area contributed by atoms with Crippen LogP contribution in [0, 0.1) is 0 Å². The number of halogens is 2. The van der Waals surface area contributed by atoms with Crippen LogP contribution in [0.15, 0.2) is 72.8 Å². The summed E-state index contributed by atoms with van der Waals surface area (Å²) >= 11 is 12.1. The number of nitrogens with zero attached hydrogens (tertiary/aromatic N) is 2. The van der Waals surface area contributed by atoms with Crippen molar-refractivity contribution < 1.29 is 9.59 Å². The predicted octanol–water partition coefficient (Wildman–Crippen LogP) is 5.94. The summed E-state index contributed by atoms with van der Waals surface area (Å²) in [6.07, 6.45) is 0. The molecule has 0 spiro atoms. The van der Waals surface area contributed by atoms with E-state index in [0.29, 0.717) is 22.2 Å². The van der Waals surface area contributed by atoms with Crippen molar-refractivity contribution >= 4 is 57.1 Å². The second-order valence-corrected chi connectivity index (χ2v) is 9.48. The van der Waals surface area contributed by atoms with Crippen LogP contribution in [0.1, 0.15) is 20.7 Å². The van der Waals surface area contributed by atoms with Gasteiger partial charge in [-0.3, -0.25) is 9.59 Å². The number of fused-ring (bicyclic) bond motifs is 2. The fourth-order valence-corrected chi connectivity index (χ4v) is 5.01. The van der Waals surface area contributed by atoms with Crippen LogP contribution in [0.3, 0.4) is 0 Å². The molecular formula is C28H18Cl2N6O2. The molecule has 6 aromatic rings. The van der Waals surface area contributed by atoms with E-state index >= 15 is 0 Å². The van der Waals surface area contributed by atoms with Crippen LogP contribution in [-0.4, -0.2) is 31.8 Å². The standard InChI is InChI=1S/C28H18Cl2N6O2/c29-27-33-21-7-3-13(11-23(21)35-27)19-9-15(25(31)37)1-5-17(19)18-6-2-16(26(32)38)10-20(18)14-4-8-22-24(12-14)36-28(30)34-22/h1-12H,(H2,31,37)(H2,32,38)(H,33,35)(H,34,36). The highest BCUT2D eigenvalue weighted by molar-refractivity contribution is 6.29. The molecule has 2 heterocycles. The van der Waals surface area contributed by atoms with E-state index in [4.69, 9.17) is 34.7 Å². The minimum atomic E-state index is -0.549. The molecule has 0 bridgehead atoms. The molecule has 0 saturated heterocycles. The number of carbonyl (C=O) groups excluding carboxylic acids is 2. The average molecular weight is 541 g/mol. The molecule has 4 aromatic carbocycles. The molecule has 0 fully saturated rings. The van der Waals surface area contributed by atoms with Gasteiger partial charge >= 0.3 is 0 Å². The van der Waals surface area contributed by atoms with Crippen LogP contribution in [-0.2, 0) is 0 Å². The number of carbonyl (C=O) groups is 2. The van der Waals surface area contributed by atoms with Gasteiger partial charge in [0.05, 0.1) is 22.1 Å². The molecule has 6 rings (SSSR count). The summed E-state index contributed by atoms with van der Waals surface area (Å²) in [5.74, 6) is -1.10. The molecule has 0 radical (unpaired) electrons. The Balaban J connectivity index is 1.62. The van der Waals surface area contributed by atoms with Crippen LogP contribution >= 0.6 is 23.2 Å². The van der Waals surface area contributed by atoms with Gasteiger partial charge in [-0.1, -0.05) is 24.3 Å². The molecule has 2 aromatic heterocycles. The van der Waals surface area contributed by atoms with Crippen molar-refractivity contribution in [2.75, 3.05) is 0 Å². The van der Waals surface area contributed by atoms with E-state index in [-0.39, 0.29) is 10.6 Å². The molecule has 0 aliphatic rings. The highest BCUT2D eigenvalue weighted by atomic mass is 35.5. The summed E-state index contributed by atoms with van der Waals surface area (Å²) in [5, 5.41) is 0.558. The van der Waals surface area contributed by atoms with Gasteiger partial charge in [-0.05, 0) is 105 Å². The zero-order chi connectivity index (χ0) is 26.6. The zero-order valence-corrected chi connectivity index (χ0v) is 21.1. The number of imidazole rings is 2. The van der Waals surface area contributed by atoms with Gasteiger partial charge in [0.25, 0.3) is 0 Å². The Labute approximate surface area is 225 Å². The fraction of sp³-hybridized carbons (Fsp3) is 0. The first kappa shape index (κ1) is 23.7. The van der Waals surface area contributed by atoms with Crippen LogP contribution in [0.25, 0.3) is 55.4 Å². The summed E-state index contributed by atoms with van der Waals surface area (Å²) in [4.78, 5) is 38.9. The lowest BCUT2D eigenvalue weighted by molar-refractivity contribution is 0.0992. The van der Waals surface area contributed by atoms with Crippen molar-refractivity contribution in [2.45, 2.75) is 0 Å². The third-order valence-electron chi connectivity index (χ3n) is 6.43. The number of hydrogen-bond acceptors (Lipinski definition) is 4. The number of rotatable bonds is 5. The molecule has 0 aliphatic heterocycles. The molecular weight excluding hydrogens is 523 g/mol. The first-order valence-corrected chi connectivity index (χ1v) is 12.2. The first-order chi connectivity index (χ1) is 18.3. The topological polar surface area (TPSA) is 144 Å². The number of amides is 2. The van der Waals surface area contributed by atoms with Crippen LogP contribution < -0.4 is 11.5 Å². The Morgan fingerprint density at radius 3 is 1.39 bits per heavy atom. The molecule has 10 heteroatoms. The molecule has 0 unspecified atom stereocenters. The monoisotopic (exact) mass is 540 g/mol. The second-order valence-electron chi connectivity index (χ2n) is 8.77. The van der Waals surface area contributed by atoms with Gasteiger partial charge < -0.3 is 21.4 Å². The maximum atomic E-state index is 12.1. The molecule has 8 nitrogen and oxygen atoms in total. The Bertz CT molecular complexity index is 1780. The van der Waals surface area contributed by atoms with Gasteiger partial charge in [0, 0.05) is 11.1 Å². The Morgan fingerprint density at radius 2 is 1.00 bits per heavy atom. The number of benzene rings is 4. The van der Waals surface area contributed by atoms with Crippen molar-refractivity contribution in [2.24, 2.45) is 11.5 Å². The van der Waals surface area contributed by atoms with E-state index in [0.717, 1.165) is 44.4 Å². The lowest BCUT2D eigenvalue weighted by Crippen LogP contribution is -2.11. The quantitative estimate of drug-likeness (QED) is 0.214. The predicted molar refractivity (Wildman–Crippen MR) is 149 cm³/mol. The molecule has 38 heavy (non-hydrogen) atoms. The lowest BCUT2D eigenvalue weighted by atomic mass is 9.87. The Morgan fingerprint density at radius 1 is 0.579 bits per heavy atom. The Kier molecular flexibility index (Phi) is 5.63. The third kappa shape index (κ3) is 4.15. The number of nitrogens with one attached hydrogen (secondary N) is 2. The second kappa shape index (κ2) is 9.02. The van der Waals surface area contributed by atoms with Crippen molar-refractivity contribution in [3.8, 4) is 33.4 Å². The van der Waals surface area contributed by atoms with Crippen molar-refractivity contribution in [1.82, 2.24) is 19.9 Å². The van der Waals surface area contributed by atoms with E-state index in [2.05, 4.69) is 19.9 Å². The SMILES string of the molecule is NC(=O)c1ccc(-c2ccc(C(N)=O)cc2-c2ccc3[nH]c(Cl)nc3c2)c(-c2ccc3[nH]c(Cl)nc3c2)c1. The maximum absolute atomic E-state index is 12.1. The van der Waals surface area contributed by atoms with Crippen LogP contribution in [0.5, 0.6) is 0 Å². The molecule has 2 amide bonds. The van der Waals surface area contributed by atoms with Gasteiger partial charge in [-0.25, -0.2) is 9.97 Å². The van der Waals surface area contributed by atoms with Crippen molar-refractivity contribution in [3.63, 3.8) is 0 Å². The van der Waals surface area contributed by atoms with E-state index < -0.39 is 11.8 Å². The fourth-order valence-electron chi connectivity index (χ4n) is 4.63. The van der Waals surface area contributed by atoms with E-state index in [1.807, 2.05) is 48.5 Å². The average Bonchev–Trinajstić information content (AvgIpc) is 3.47. The number of hydrogen-bond donors (Lipinski definition) is 4. The maximum Gasteiger partial charge on any atom is 0.248 e. The van der Waals surface area contributed by atoms with E-state index in [9.17, 15) is 9.59 Å². The van der Waals surface area contributed by atoms with Gasteiger partial charge in [0.15, 0.2) is 0 Å². The summed E-state index contributed by atoms with van der Waals surface area (Å²) in [6.45, 7) is 0. The van der Waals surface area contributed by atoms with Gasteiger partial charge in [-0.2, -0.15) is 0 Å². The highest BCUT2D eigenvalue weighted by Crippen LogP contribution is 2.40.